The van der Waals surface area contributed by atoms with E-state index < -0.39 is 10.8 Å². The number of benzene rings is 2. The number of nitrogens with one attached hydrogen (secondary N) is 1. The Morgan fingerprint density at radius 1 is 1.15 bits per heavy atom. The summed E-state index contributed by atoms with van der Waals surface area (Å²) in [4.78, 5) is 24.8. The number of piperidine rings is 1. The molecule has 0 radical (unpaired) electrons. The van der Waals surface area contributed by atoms with E-state index in [1.54, 1.807) is 0 Å². The zero-order chi connectivity index (χ0) is 19.2. The number of halogens is 1. The molecule has 8 heteroatoms. The average Bonchev–Trinajstić information content (AvgIpc) is 2.68. The molecule has 1 fully saturated rings. The molecule has 1 saturated heterocycles. The van der Waals surface area contributed by atoms with E-state index in [-0.39, 0.29) is 23.1 Å². The zero-order valence-electron chi connectivity index (χ0n) is 14.7. The van der Waals surface area contributed by atoms with Crippen molar-refractivity contribution in [1.29, 1.82) is 0 Å². The predicted molar refractivity (Wildman–Crippen MR) is 105 cm³/mol. The van der Waals surface area contributed by atoms with Gasteiger partial charge in [-0.2, -0.15) is 0 Å². The van der Waals surface area contributed by atoms with Gasteiger partial charge in [0.15, 0.2) is 12.4 Å². The maximum atomic E-state index is 12.1. The standard InChI is InChI=1S/C19H20ClN3O4/c20-14-4-9-18(17(12-14)23(25)26)27-13-19(24)21-15-5-7-16(8-6-15)22-10-2-1-3-11-22/h4-9,12H,1-3,10-11,13H2,(H,21,24). The molecule has 1 amide bonds. The Labute approximate surface area is 162 Å². The van der Waals surface area contributed by atoms with Gasteiger partial charge < -0.3 is 15.0 Å². The fraction of sp³-hybridized carbons (Fsp3) is 0.316. The van der Waals surface area contributed by atoms with Crippen molar-refractivity contribution in [2.45, 2.75) is 19.3 Å². The smallest absolute Gasteiger partial charge is 0.312 e. The summed E-state index contributed by atoms with van der Waals surface area (Å²) in [7, 11) is 0. The Balaban J connectivity index is 1.56. The minimum Gasteiger partial charge on any atom is -0.477 e. The minimum atomic E-state index is -0.599. The van der Waals surface area contributed by atoms with Crippen LogP contribution < -0.4 is 15.0 Å². The van der Waals surface area contributed by atoms with Crippen LogP contribution in [0.25, 0.3) is 0 Å². The third kappa shape index (κ3) is 5.10. The first kappa shape index (κ1) is 19.0. The van der Waals surface area contributed by atoms with Crippen LogP contribution in [0.5, 0.6) is 5.75 Å². The fourth-order valence-corrected chi connectivity index (χ4v) is 3.17. The van der Waals surface area contributed by atoms with E-state index in [0.717, 1.165) is 18.8 Å². The molecule has 0 bridgehead atoms. The van der Waals surface area contributed by atoms with Gasteiger partial charge in [-0.05, 0) is 55.7 Å². The maximum Gasteiger partial charge on any atom is 0.312 e. The van der Waals surface area contributed by atoms with Crippen LogP contribution in [0.2, 0.25) is 5.02 Å². The summed E-state index contributed by atoms with van der Waals surface area (Å²) in [6.07, 6.45) is 3.68. The summed E-state index contributed by atoms with van der Waals surface area (Å²) in [5.41, 5.74) is 1.51. The molecule has 1 aliphatic rings. The second-order valence-electron chi connectivity index (χ2n) is 6.30. The third-order valence-electron chi connectivity index (χ3n) is 4.35. The van der Waals surface area contributed by atoms with Crippen LogP contribution in [0.15, 0.2) is 42.5 Å². The maximum absolute atomic E-state index is 12.1. The van der Waals surface area contributed by atoms with E-state index in [1.807, 2.05) is 24.3 Å². The highest BCUT2D eigenvalue weighted by atomic mass is 35.5. The highest BCUT2D eigenvalue weighted by Gasteiger charge is 2.17. The normalized spacial score (nSPS) is 13.9. The largest absolute Gasteiger partial charge is 0.477 e. The lowest BCUT2D eigenvalue weighted by Crippen LogP contribution is -2.29. The SMILES string of the molecule is O=C(COc1ccc(Cl)cc1[N+](=O)[O-])Nc1ccc(N2CCCCC2)cc1. The van der Waals surface area contributed by atoms with Crippen molar-refractivity contribution in [3.8, 4) is 5.75 Å². The molecule has 0 saturated carbocycles. The van der Waals surface area contributed by atoms with Gasteiger partial charge >= 0.3 is 5.69 Å². The summed E-state index contributed by atoms with van der Waals surface area (Å²) >= 11 is 5.76. The molecule has 1 heterocycles. The van der Waals surface area contributed by atoms with E-state index in [0.29, 0.717) is 5.69 Å². The second-order valence-corrected chi connectivity index (χ2v) is 6.74. The molecular weight excluding hydrogens is 370 g/mol. The Kier molecular flexibility index (Phi) is 6.13. The molecule has 2 aromatic carbocycles. The van der Waals surface area contributed by atoms with Gasteiger partial charge in [0.25, 0.3) is 5.91 Å². The number of ether oxygens (including phenoxy) is 1. The number of nitro benzene ring substituents is 1. The molecule has 0 unspecified atom stereocenters. The first-order valence-electron chi connectivity index (χ1n) is 8.74. The average molecular weight is 390 g/mol. The van der Waals surface area contributed by atoms with Crippen molar-refractivity contribution in [3.05, 3.63) is 57.6 Å². The zero-order valence-corrected chi connectivity index (χ0v) is 15.4. The molecular formula is C19H20ClN3O4. The van der Waals surface area contributed by atoms with E-state index in [1.165, 1.54) is 37.5 Å². The second kappa shape index (κ2) is 8.73. The predicted octanol–water partition coefficient (Wildman–Crippen LogP) is 4.26. The van der Waals surface area contributed by atoms with Crippen molar-refractivity contribution in [2.24, 2.45) is 0 Å². The van der Waals surface area contributed by atoms with Gasteiger partial charge in [-0.3, -0.25) is 14.9 Å². The van der Waals surface area contributed by atoms with Crippen LogP contribution in [0, 0.1) is 10.1 Å². The van der Waals surface area contributed by atoms with E-state index in [9.17, 15) is 14.9 Å². The molecule has 3 rings (SSSR count). The molecule has 7 nitrogen and oxygen atoms in total. The first-order chi connectivity index (χ1) is 13.0. The number of anilines is 2. The van der Waals surface area contributed by atoms with Crippen molar-refractivity contribution < 1.29 is 14.5 Å². The Bertz CT molecular complexity index is 820. The number of carbonyl (C=O) groups excluding carboxylic acids is 1. The Morgan fingerprint density at radius 3 is 2.52 bits per heavy atom. The molecule has 0 spiro atoms. The monoisotopic (exact) mass is 389 g/mol. The van der Waals surface area contributed by atoms with Crippen molar-refractivity contribution >= 4 is 34.6 Å². The van der Waals surface area contributed by atoms with Crippen molar-refractivity contribution in [2.75, 3.05) is 29.9 Å². The molecule has 27 heavy (non-hydrogen) atoms. The molecule has 1 aliphatic heterocycles. The van der Waals surface area contributed by atoms with Crippen LogP contribution in [0.1, 0.15) is 19.3 Å². The number of hydrogen-bond donors (Lipinski definition) is 1. The highest BCUT2D eigenvalue weighted by molar-refractivity contribution is 6.30. The topological polar surface area (TPSA) is 84.7 Å². The van der Waals surface area contributed by atoms with E-state index in [2.05, 4.69) is 10.2 Å². The molecule has 0 aliphatic carbocycles. The number of nitrogens with zero attached hydrogens (tertiary/aromatic N) is 2. The summed E-state index contributed by atoms with van der Waals surface area (Å²) in [5, 5.41) is 14.0. The van der Waals surface area contributed by atoms with Crippen LogP contribution in [0.4, 0.5) is 17.1 Å². The van der Waals surface area contributed by atoms with Crippen molar-refractivity contribution in [3.63, 3.8) is 0 Å². The number of amides is 1. The van der Waals surface area contributed by atoms with Crippen LogP contribution in [0.3, 0.4) is 0 Å². The van der Waals surface area contributed by atoms with Gasteiger partial charge in [0.05, 0.1) is 4.92 Å². The molecule has 1 N–H and O–H groups in total. The summed E-state index contributed by atoms with van der Waals surface area (Å²) < 4.78 is 5.29. The van der Waals surface area contributed by atoms with Crippen LogP contribution in [-0.4, -0.2) is 30.5 Å². The third-order valence-corrected chi connectivity index (χ3v) is 4.58. The van der Waals surface area contributed by atoms with Crippen LogP contribution in [-0.2, 0) is 4.79 Å². The van der Waals surface area contributed by atoms with Gasteiger partial charge in [0.2, 0.25) is 0 Å². The van der Waals surface area contributed by atoms with Gasteiger partial charge in [-0.1, -0.05) is 11.6 Å². The molecule has 2 aromatic rings. The summed E-state index contributed by atoms with van der Waals surface area (Å²) in [6, 6.07) is 11.7. The molecule has 0 atom stereocenters. The lowest BCUT2D eigenvalue weighted by atomic mass is 10.1. The first-order valence-corrected chi connectivity index (χ1v) is 9.12. The Morgan fingerprint density at radius 2 is 1.85 bits per heavy atom. The fourth-order valence-electron chi connectivity index (χ4n) is 3.00. The van der Waals surface area contributed by atoms with Gasteiger partial charge in [0.1, 0.15) is 0 Å². The summed E-state index contributed by atoms with van der Waals surface area (Å²) in [5.74, 6) is -0.398. The summed E-state index contributed by atoms with van der Waals surface area (Å²) in [6.45, 7) is 1.77. The van der Waals surface area contributed by atoms with Gasteiger partial charge in [-0.15, -0.1) is 0 Å². The number of rotatable bonds is 6. The highest BCUT2D eigenvalue weighted by Crippen LogP contribution is 2.30. The van der Waals surface area contributed by atoms with Crippen LogP contribution >= 0.6 is 11.6 Å². The van der Waals surface area contributed by atoms with Gasteiger partial charge in [-0.25, -0.2) is 0 Å². The van der Waals surface area contributed by atoms with E-state index >= 15 is 0 Å². The van der Waals surface area contributed by atoms with Gasteiger partial charge in [0, 0.05) is 35.6 Å². The quantitative estimate of drug-likeness (QED) is 0.589. The number of nitro groups is 1. The Hall–Kier alpha value is -2.80. The van der Waals surface area contributed by atoms with E-state index in [4.69, 9.17) is 16.3 Å². The lowest BCUT2D eigenvalue weighted by Gasteiger charge is -2.28. The van der Waals surface area contributed by atoms with Crippen molar-refractivity contribution in [1.82, 2.24) is 0 Å². The number of hydrogen-bond acceptors (Lipinski definition) is 5. The number of carbonyl (C=O) groups is 1. The molecule has 142 valence electrons. The minimum absolute atomic E-state index is 0.00000332. The lowest BCUT2D eigenvalue weighted by molar-refractivity contribution is -0.385. The molecule has 0 aromatic heterocycles.